The van der Waals surface area contributed by atoms with Gasteiger partial charge in [0.15, 0.2) is 0 Å². The summed E-state index contributed by atoms with van der Waals surface area (Å²) in [6.07, 6.45) is 2.33. The van der Waals surface area contributed by atoms with Crippen LogP contribution in [0.5, 0.6) is 0 Å². The van der Waals surface area contributed by atoms with Crippen molar-refractivity contribution in [3.63, 3.8) is 0 Å². The molecule has 0 saturated carbocycles. The first kappa shape index (κ1) is 16.3. The Labute approximate surface area is 131 Å². The molecule has 1 N–H and O–H groups in total. The third kappa shape index (κ3) is 4.00. The minimum Gasteiger partial charge on any atom is -0.465 e. The van der Waals surface area contributed by atoms with Gasteiger partial charge >= 0.3 is 12.1 Å². The van der Waals surface area contributed by atoms with Crippen LogP contribution < -0.4 is 5.32 Å². The maximum atomic E-state index is 12.0. The molecule has 0 bridgehead atoms. The zero-order chi connectivity index (χ0) is 16.3. The van der Waals surface area contributed by atoms with Crippen LogP contribution in [-0.2, 0) is 15.9 Å². The van der Waals surface area contributed by atoms with Gasteiger partial charge in [-0.05, 0) is 63.3 Å². The number of benzene rings is 1. The number of aryl methyl sites for hydroxylation is 1. The molecule has 1 unspecified atom stereocenters. The van der Waals surface area contributed by atoms with Gasteiger partial charge in [0.2, 0.25) is 0 Å². The Balaban J connectivity index is 2.19. The number of fused-ring (bicyclic) bond motifs is 1. The molecular formula is C17H23NO4. The first-order chi connectivity index (χ1) is 10.3. The number of methoxy groups -OCH3 is 1. The lowest BCUT2D eigenvalue weighted by Gasteiger charge is -2.28. The molecule has 22 heavy (non-hydrogen) atoms. The summed E-state index contributed by atoms with van der Waals surface area (Å²) >= 11 is 0. The average molecular weight is 305 g/mol. The summed E-state index contributed by atoms with van der Waals surface area (Å²) < 4.78 is 10.1. The lowest BCUT2D eigenvalue weighted by Crippen LogP contribution is -2.36. The molecule has 0 saturated heterocycles. The van der Waals surface area contributed by atoms with Crippen LogP contribution in [-0.4, -0.2) is 24.8 Å². The van der Waals surface area contributed by atoms with Crippen molar-refractivity contribution in [2.75, 3.05) is 7.11 Å². The van der Waals surface area contributed by atoms with Gasteiger partial charge in [-0.1, -0.05) is 6.07 Å². The van der Waals surface area contributed by atoms with Crippen molar-refractivity contribution in [3.05, 3.63) is 34.9 Å². The fourth-order valence-electron chi connectivity index (χ4n) is 2.64. The van der Waals surface area contributed by atoms with Crippen molar-refractivity contribution >= 4 is 12.1 Å². The highest BCUT2D eigenvalue weighted by atomic mass is 16.6. The lowest BCUT2D eigenvalue weighted by atomic mass is 9.86. The highest BCUT2D eigenvalue weighted by molar-refractivity contribution is 5.89. The van der Waals surface area contributed by atoms with Crippen LogP contribution >= 0.6 is 0 Å². The summed E-state index contributed by atoms with van der Waals surface area (Å²) in [7, 11) is 1.36. The number of carbonyl (C=O) groups is 2. The number of nitrogens with one attached hydrogen (secondary N) is 1. The van der Waals surface area contributed by atoms with Crippen LogP contribution in [0.25, 0.3) is 0 Å². The molecule has 120 valence electrons. The third-order valence-electron chi connectivity index (χ3n) is 3.57. The van der Waals surface area contributed by atoms with Gasteiger partial charge in [0, 0.05) is 0 Å². The van der Waals surface area contributed by atoms with E-state index in [0.717, 1.165) is 30.4 Å². The van der Waals surface area contributed by atoms with E-state index < -0.39 is 11.7 Å². The van der Waals surface area contributed by atoms with E-state index in [2.05, 4.69) is 5.32 Å². The fraction of sp³-hybridized carbons (Fsp3) is 0.529. The van der Waals surface area contributed by atoms with E-state index in [1.807, 2.05) is 32.9 Å². The Morgan fingerprint density at radius 2 is 2.00 bits per heavy atom. The van der Waals surface area contributed by atoms with Crippen molar-refractivity contribution in [1.82, 2.24) is 5.32 Å². The Morgan fingerprint density at radius 1 is 1.27 bits per heavy atom. The molecule has 0 aliphatic heterocycles. The monoisotopic (exact) mass is 305 g/mol. The number of alkyl carbamates (subject to hydrolysis) is 1. The van der Waals surface area contributed by atoms with Gasteiger partial charge in [0.25, 0.3) is 0 Å². The number of hydrogen-bond donors (Lipinski definition) is 1. The highest BCUT2D eigenvalue weighted by Gasteiger charge is 2.25. The molecule has 1 aliphatic rings. The van der Waals surface area contributed by atoms with Crippen molar-refractivity contribution in [2.45, 2.75) is 51.7 Å². The Kier molecular flexibility index (Phi) is 4.74. The van der Waals surface area contributed by atoms with Crippen LogP contribution in [0.3, 0.4) is 0 Å². The molecule has 0 heterocycles. The summed E-state index contributed by atoms with van der Waals surface area (Å²) in [5, 5.41) is 2.90. The summed E-state index contributed by atoms with van der Waals surface area (Å²) in [5.74, 6) is -0.371. The van der Waals surface area contributed by atoms with Gasteiger partial charge in [-0.25, -0.2) is 9.59 Å². The number of esters is 1. The normalized spacial score (nSPS) is 17.4. The highest BCUT2D eigenvalue weighted by Crippen LogP contribution is 2.31. The second-order valence-corrected chi connectivity index (χ2v) is 6.50. The molecule has 1 aromatic rings. The molecule has 1 atom stereocenters. The molecule has 1 aromatic carbocycles. The SMILES string of the molecule is COC(=O)c1ccc2c(c1)C(NC(=O)OC(C)(C)C)CCC2. The molecule has 2 rings (SSSR count). The van der Waals surface area contributed by atoms with Gasteiger partial charge in [-0.2, -0.15) is 0 Å². The predicted molar refractivity (Wildman–Crippen MR) is 82.8 cm³/mol. The summed E-state index contributed by atoms with van der Waals surface area (Å²) in [5.41, 5.74) is 2.09. The van der Waals surface area contributed by atoms with Gasteiger partial charge in [-0.3, -0.25) is 0 Å². The minimum absolute atomic E-state index is 0.136. The maximum absolute atomic E-state index is 12.0. The number of ether oxygens (including phenoxy) is 2. The predicted octanol–water partition coefficient (Wildman–Crippen LogP) is 3.38. The Hall–Kier alpha value is -2.04. The smallest absolute Gasteiger partial charge is 0.408 e. The zero-order valence-electron chi connectivity index (χ0n) is 13.6. The van der Waals surface area contributed by atoms with Gasteiger partial charge in [0.05, 0.1) is 18.7 Å². The molecule has 5 heteroatoms. The summed E-state index contributed by atoms with van der Waals surface area (Å²) in [6, 6.07) is 5.37. The van der Waals surface area contributed by atoms with Gasteiger partial charge in [0.1, 0.15) is 5.60 Å². The number of rotatable bonds is 2. The van der Waals surface area contributed by atoms with E-state index in [4.69, 9.17) is 9.47 Å². The van der Waals surface area contributed by atoms with Crippen LogP contribution in [0.4, 0.5) is 4.79 Å². The summed E-state index contributed by atoms with van der Waals surface area (Å²) in [4.78, 5) is 23.7. The zero-order valence-corrected chi connectivity index (χ0v) is 13.6. The van der Waals surface area contributed by atoms with Crippen molar-refractivity contribution < 1.29 is 19.1 Å². The number of hydrogen-bond acceptors (Lipinski definition) is 4. The summed E-state index contributed by atoms with van der Waals surface area (Å²) in [6.45, 7) is 5.49. The number of amides is 1. The first-order valence-electron chi connectivity index (χ1n) is 7.51. The first-order valence-corrected chi connectivity index (χ1v) is 7.51. The molecule has 1 aliphatic carbocycles. The van der Waals surface area contributed by atoms with Gasteiger partial charge in [-0.15, -0.1) is 0 Å². The van der Waals surface area contributed by atoms with E-state index in [1.54, 1.807) is 6.07 Å². The van der Waals surface area contributed by atoms with E-state index >= 15 is 0 Å². The minimum atomic E-state index is -0.532. The van der Waals surface area contributed by atoms with Crippen LogP contribution in [0, 0.1) is 0 Å². The van der Waals surface area contributed by atoms with Gasteiger partial charge < -0.3 is 14.8 Å². The van der Waals surface area contributed by atoms with Crippen LogP contribution in [0.2, 0.25) is 0 Å². The molecular weight excluding hydrogens is 282 g/mol. The third-order valence-corrected chi connectivity index (χ3v) is 3.57. The Morgan fingerprint density at radius 3 is 2.64 bits per heavy atom. The lowest BCUT2D eigenvalue weighted by molar-refractivity contribution is 0.0498. The fourth-order valence-corrected chi connectivity index (χ4v) is 2.64. The van der Waals surface area contributed by atoms with E-state index in [0.29, 0.717) is 5.56 Å². The maximum Gasteiger partial charge on any atom is 0.408 e. The number of carbonyl (C=O) groups excluding carboxylic acids is 2. The molecule has 0 fully saturated rings. The van der Waals surface area contributed by atoms with E-state index in [9.17, 15) is 9.59 Å². The topological polar surface area (TPSA) is 64.6 Å². The van der Waals surface area contributed by atoms with Crippen LogP contribution in [0.1, 0.15) is 61.1 Å². The molecule has 1 amide bonds. The standard InChI is InChI=1S/C17H23NO4/c1-17(2,3)22-16(20)18-14-7-5-6-11-8-9-12(10-13(11)14)15(19)21-4/h8-10,14H,5-7H2,1-4H3,(H,18,20). The molecule has 5 nitrogen and oxygen atoms in total. The Bertz CT molecular complexity index is 575. The van der Waals surface area contributed by atoms with Crippen LogP contribution in [0.15, 0.2) is 18.2 Å². The molecule has 0 radical (unpaired) electrons. The molecule has 0 aromatic heterocycles. The van der Waals surface area contributed by atoms with Crippen molar-refractivity contribution in [2.24, 2.45) is 0 Å². The second-order valence-electron chi connectivity index (χ2n) is 6.50. The molecule has 0 spiro atoms. The largest absolute Gasteiger partial charge is 0.465 e. The van der Waals surface area contributed by atoms with E-state index in [1.165, 1.54) is 7.11 Å². The van der Waals surface area contributed by atoms with Crippen molar-refractivity contribution in [3.8, 4) is 0 Å². The quantitative estimate of drug-likeness (QED) is 0.851. The average Bonchev–Trinajstić information content (AvgIpc) is 2.44. The van der Waals surface area contributed by atoms with Crippen molar-refractivity contribution in [1.29, 1.82) is 0 Å². The van der Waals surface area contributed by atoms with E-state index in [-0.39, 0.29) is 12.0 Å². The second kappa shape index (κ2) is 6.38.